The minimum absolute atomic E-state index is 0.0175. The molecule has 2 aromatic carbocycles. The standard InChI is InChI=1S/C20H19BrCl2N2O3S/c21-15-3-6-18-13(10-15)7-9-25(18)20(26)14-2-1-8-24(12-14)29(27,28)19-11-16(22)4-5-17(19)23/h3-6,10-11,14H,1-2,7-9,12H2/t14-/m1/s1. The molecule has 1 amide bonds. The molecule has 0 unspecified atom stereocenters. The molecule has 2 heterocycles. The maximum absolute atomic E-state index is 13.2. The van der Waals surface area contributed by atoms with Gasteiger partial charge in [-0.3, -0.25) is 4.79 Å². The molecule has 5 nitrogen and oxygen atoms in total. The van der Waals surface area contributed by atoms with E-state index < -0.39 is 10.0 Å². The summed E-state index contributed by atoms with van der Waals surface area (Å²) in [5.41, 5.74) is 2.04. The quantitative estimate of drug-likeness (QED) is 0.590. The summed E-state index contributed by atoms with van der Waals surface area (Å²) in [4.78, 5) is 15.0. The van der Waals surface area contributed by atoms with Crippen molar-refractivity contribution in [2.45, 2.75) is 24.2 Å². The highest BCUT2D eigenvalue weighted by molar-refractivity contribution is 9.10. The van der Waals surface area contributed by atoms with Gasteiger partial charge in [0.2, 0.25) is 15.9 Å². The third-order valence-electron chi connectivity index (χ3n) is 5.45. The lowest BCUT2D eigenvalue weighted by Crippen LogP contribution is -2.46. The van der Waals surface area contributed by atoms with E-state index in [1.165, 1.54) is 16.4 Å². The van der Waals surface area contributed by atoms with Gasteiger partial charge in [-0.25, -0.2) is 8.42 Å². The Hall–Kier alpha value is -1.12. The number of rotatable bonds is 3. The van der Waals surface area contributed by atoms with E-state index in [0.29, 0.717) is 31.0 Å². The molecule has 9 heteroatoms. The maximum Gasteiger partial charge on any atom is 0.244 e. The van der Waals surface area contributed by atoms with Gasteiger partial charge >= 0.3 is 0 Å². The number of amides is 1. The number of hydrogen-bond acceptors (Lipinski definition) is 3. The molecule has 0 saturated carbocycles. The topological polar surface area (TPSA) is 57.7 Å². The third kappa shape index (κ3) is 4.08. The van der Waals surface area contributed by atoms with Crippen molar-refractivity contribution < 1.29 is 13.2 Å². The first-order chi connectivity index (χ1) is 13.8. The molecule has 2 aliphatic rings. The summed E-state index contributed by atoms with van der Waals surface area (Å²) in [6, 6.07) is 10.3. The highest BCUT2D eigenvalue weighted by atomic mass is 79.9. The highest BCUT2D eigenvalue weighted by Crippen LogP contribution is 2.34. The summed E-state index contributed by atoms with van der Waals surface area (Å²) < 4.78 is 28.6. The zero-order valence-electron chi connectivity index (χ0n) is 15.4. The van der Waals surface area contributed by atoms with Crippen LogP contribution in [0.1, 0.15) is 18.4 Å². The van der Waals surface area contributed by atoms with Crippen LogP contribution in [0.3, 0.4) is 0 Å². The second-order valence-electron chi connectivity index (χ2n) is 7.29. The number of fused-ring (bicyclic) bond motifs is 1. The minimum Gasteiger partial charge on any atom is -0.312 e. The first-order valence-corrected chi connectivity index (χ1v) is 12.3. The summed E-state index contributed by atoms with van der Waals surface area (Å²) in [5.74, 6) is -0.408. The zero-order valence-corrected chi connectivity index (χ0v) is 19.4. The molecule has 4 rings (SSSR count). The number of hydrogen-bond donors (Lipinski definition) is 0. The Labute approximate surface area is 188 Å². The molecule has 0 radical (unpaired) electrons. The summed E-state index contributed by atoms with van der Waals surface area (Å²) in [6.45, 7) is 1.12. The molecule has 2 aliphatic heterocycles. The number of benzene rings is 2. The van der Waals surface area contributed by atoms with E-state index in [1.807, 2.05) is 18.2 Å². The van der Waals surface area contributed by atoms with Gasteiger partial charge in [0.25, 0.3) is 0 Å². The maximum atomic E-state index is 13.2. The van der Waals surface area contributed by atoms with Crippen molar-refractivity contribution in [3.63, 3.8) is 0 Å². The molecule has 1 fully saturated rings. The lowest BCUT2D eigenvalue weighted by Gasteiger charge is -2.33. The van der Waals surface area contributed by atoms with E-state index in [0.717, 1.165) is 22.1 Å². The van der Waals surface area contributed by atoms with Gasteiger partial charge < -0.3 is 4.90 Å². The van der Waals surface area contributed by atoms with Crippen LogP contribution in [-0.4, -0.2) is 38.3 Å². The van der Waals surface area contributed by atoms with Gasteiger partial charge in [0.1, 0.15) is 4.90 Å². The van der Waals surface area contributed by atoms with Crippen molar-refractivity contribution in [1.82, 2.24) is 4.31 Å². The Morgan fingerprint density at radius 2 is 1.90 bits per heavy atom. The molecule has 2 aromatic rings. The van der Waals surface area contributed by atoms with Crippen molar-refractivity contribution in [2.75, 3.05) is 24.5 Å². The fourth-order valence-corrected chi connectivity index (χ4v) is 6.67. The normalized spacial score (nSPS) is 20.0. The van der Waals surface area contributed by atoms with Gasteiger partial charge in [-0.1, -0.05) is 39.1 Å². The molecule has 0 spiro atoms. The minimum atomic E-state index is -3.83. The number of carbonyl (C=O) groups excluding carboxylic acids is 1. The van der Waals surface area contributed by atoms with Crippen LogP contribution in [0, 0.1) is 5.92 Å². The van der Waals surface area contributed by atoms with Gasteiger partial charge in [0.05, 0.1) is 10.9 Å². The van der Waals surface area contributed by atoms with Crippen LogP contribution < -0.4 is 4.90 Å². The van der Waals surface area contributed by atoms with Crippen LogP contribution in [0.15, 0.2) is 45.8 Å². The summed E-state index contributed by atoms with van der Waals surface area (Å²) in [5, 5.41) is 0.430. The van der Waals surface area contributed by atoms with Crippen LogP contribution in [-0.2, 0) is 21.2 Å². The molecule has 154 valence electrons. The van der Waals surface area contributed by atoms with Gasteiger partial charge in [-0.05, 0) is 61.2 Å². The van der Waals surface area contributed by atoms with Crippen LogP contribution in [0.2, 0.25) is 10.0 Å². The second-order valence-corrected chi connectivity index (χ2v) is 11.0. The summed E-state index contributed by atoms with van der Waals surface area (Å²) in [6.07, 6.45) is 2.08. The van der Waals surface area contributed by atoms with E-state index in [9.17, 15) is 13.2 Å². The number of sulfonamides is 1. The van der Waals surface area contributed by atoms with Crippen molar-refractivity contribution in [3.8, 4) is 0 Å². The SMILES string of the molecule is O=C([C@@H]1CCCN(S(=O)(=O)c2cc(Cl)ccc2Cl)C1)N1CCc2cc(Br)ccc21. The number of piperidine rings is 1. The number of halogens is 3. The van der Waals surface area contributed by atoms with E-state index in [2.05, 4.69) is 15.9 Å². The molecular weight excluding hydrogens is 499 g/mol. The van der Waals surface area contributed by atoms with Crippen LogP contribution in [0.5, 0.6) is 0 Å². The average Bonchev–Trinajstić information content (AvgIpc) is 3.12. The summed E-state index contributed by atoms with van der Waals surface area (Å²) >= 11 is 15.6. The van der Waals surface area contributed by atoms with E-state index in [4.69, 9.17) is 23.2 Å². The third-order valence-corrected chi connectivity index (χ3v) is 8.52. The molecule has 1 atom stereocenters. The van der Waals surface area contributed by atoms with Crippen molar-refractivity contribution in [3.05, 3.63) is 56.5 Å². The molecule has 0 aliphatic carbocycles. The highest BCUT2D eigenvalue weighted by Gasteiger charge is 2.37. The van der Waals surface area contributed by atoms with Crippen molar-refractivity contribution in [1.29, 1.82) is 0 Å². The van der Waals surface area contributed by atoms with Crippen LogP contribution >= 0.6 is 39.1 Å². The predicted octanol–water partition coefficient (Wildman–Crippen LogP) is 4.75. The van der Waals surface area contributed by atoms with Crippen molar-refractivity contribution in [2.24, 2.45) is 5.92 Å². The number of anilines is 1. The smallest absolute Gasteiger partial charge is 0.244 e. The monoisotopic (exact) mass is 516 g/mol. The van der Waals surface area contributed by atoms with Gasteiger partial charge in [-0.15, -0.1) is 0 Å². The molecular formula is C20H19BrCl2N2O3S. The molecule has 1 saturated heterocycles. The summed E-state index contributed by atoms with van der Waals surface area (Å²) in [7, 11) is -3.83. The first-order valence-electron chi connectivity index (χ1n) is 9.32. The predicted molar refractivity (Wildman–Crippen MR) is 118 cm³/mol. The Morgan fingerprint density at radius 3 is 2.69 bits per heavy atom. The Balaban J connectivity index is 1.56. The Morgan fingerprint density at radius 1 is 1.10 bits per heavy atom. The van der Waals surface area contributed by atoms with Crippen LogP contribution in [0.4, 0.5) is 5.69 Å². The van der Waals surface area contributed by atoms with Crippen LogP contribution in [0.25, 0.3) is 0 Å². The first kappa shape index (κ1) is 21.1. The molecule has 29 heavy (non-hydrogen) atoms. The number of nitrogens with zero attached hydrogens (tertiary/aromatic N) is 2. The van der Waals surface area contributed by atoms with Crippen molar-refractivity contribution >= 4 is 60.7 Å². The lowest BCUT2D eigenvalue weighted by molar-refractivity contribution is -0.123. The fourth-order valence-electron chi connectivity index (χ4n) is 4.00. The Bertz CT molecular complexity index is 1080. The lowest BCUT2D eigenvalue weighted by atomic mass is 9.98. The average molecular weight is 518 g/mol. The van der Waals surface area contributed by atoms with E-state index in [1.54, 1.807) is 11.0 Å². The Kier molecular flexibility index (Phi) is 5.97. The molecule has 0 N–H and O–H groups in total. The molecule has 0 bridgehead atoms. The largest absolute Gasteiger partial charge is 0.312 e. The second kappa shape index (κ2) is 8.19. The number of carbonyl (C=O) groups is 1. The van der Waals surface area contributed by atoms with Gasteiger partial charge in [0.15, 0.2) is 0 Å². The molecule has 0 aromatic heterocycles. The fraction of sp³-hybridized carbons (Fsp3) is 0.350. The van der Waals surface area contributed by atoms with Gasteiger partial charge in [0, 0.05) is 34.8 Å². The van der Waals surface area contributed by atoms with E-state index in [-0.39, 0.29) is 28.3 Å². The zero-order chi connectivity index (χ0) is 20.8. The van der Waals surface area contributed by atoms with E-state index >= 15 is 0 Å². The van der Waals surface area contributed by atoms with Gasteiger partial charge in [-0.2, -0.15) is 4.31 Å².